The molecule has 5 aliphatic rings. The predicted molar refractivity (Wildman–Crippen MR) is 162 cm³/mol. The number of carbonyl (C=O) groups is 2. The molecule has 10 atom stereocenters. The zero-order valence-electron chi connectivity index (χ0n) is 26.6. The van der Waals surface area contributed by atoms with Crippen LogP contribution in [0.1, 0.15) is 58.9 Å². The van der Waals surface area contributed by atoms with Crippen LogP contribution < -0.4 is 4.74 Å². The van der Waals surface area contributed by atoms with E-state index in [1.54, 1.807) is 14.2 Å². The highest BCUT2D eigenvalue weighted by Gasteiger charge is 2.85. The molecule has 3 saturated carbocycles. The molecule has 0 aromatic heterocycles. The van der Waals surface area contributed by atoms with Crippen LogP contribution in [0.4, 0.5) is 0 Å². The zero-order valence-corrected chi connectivity index (χ0v) is 26.6. The molecule has 0 unspecified atom stereocenters. The number of fused-ring (bicyclic) bond motifs is 2. The molecule has 4 bridgehead atoms. The molecule has 4 fully saturated rings. The van der Waals surface area contributed by atoms with Crippen molar-refractivity contribution in [3.63, 3.8) is 0 Å². The number of methoxy groups -OCH3 is 2. The fourth-order valence-electron chi connectivity index (χ4n) is 10.3. The van der Waals surface area contributed by atoms with E-state index in [-0.39, 0.29) is 48.6 Å². The molecular weight excluding hydrogens is 546 g/mol. The van der Waals surface area contributed by atoms with Gasteiger partial charge in [-0.25, -0.2) is 0 Å². The maximum Gasteiger partial charge on any atom is 0.317 e. The summed E-state index contributed by atoms with van der Waals surface area (Å²) in [6.07, 6.45) is 5.87. The number of nitrogens with zero attached hydrogens (tertiary/aromatic N) is 1. The van der Waals surface area contributed by atoms with Crippen molar-refractivity contribution in [2.24, 2.45) is 40.4 Å². The quantitative estimate of drug-likeness (QED) is 0.299. The second-order valence-electron chi connectivity index (χ2n) is 14.3. The van der Waals surface area contributed by atoms with Gasteiger partial charge in [-0.15, -0.1) is 0 Å². The van der Waals surface area contributed by atoms with E-state index in [0.717, 1.165) is 42.6 Å². The molecule has 6 rings (SSSR count). The summed E-state index contributed by atoms with van der Waals surface area (Å²) in [5.41, 5.74) is -1.20. The van der Waals surface area contributed by atoms with E-state index in [9.17, 15) is 14.7 Å². The van der Waals surface area contributed by atoms with Gasteiger partial charge in [0.15, 0.2) is 0 Å². The Morgan fingerprint density at radius 2 is 1.88 bits per heavy atom. The molecule has 0 amide bonds. The third kappa shape index (κ3) is 4.38. The number of rotatable bonds is 10. The Hall–Kier alpha value is -2.26. The molecule has 1 N–H and O–H groups in total. The van der Waals surface area contributed by atoms with Gasteiger partial charge in [0.1, 0.15) is 17.5 Å². The highest BCUT2D eigenvalue weighted by Crippen LogP contribution is 2.80. The van der Waals surface area contributed by atoms with Gasteiger partial charge in [-0.1, -0.05) is 51.0 Å². The first-order valence-electron chi connectivity index (χ1n) is 16.2. The Morgan fingerprint density at radius 3 is 2.51 bits per heavy atom. The summed E-state index contributed by atoms with van der Waals surface area (Å²) in [5.74, 6) is 0.633. The normalized spacial score (nSPS) is 42.0. The van der Waals surface area contributed by atoms with Gasteiger partial charge in [0.05, 0.1) is 43.0 Å². The Kier molecular flexibility index (Phi) is 8.06. The fourth-order valence-corrected chi connectivity index (χ4v) is 10.3. The molecule has 1 aliphatic heterocycles. The molecule has 1 aromatic rings. The zero-order chi connectivity index (χ0) is 30.7. The van der Waals surface area contributed by atoms with Crippen molar-refractivity contribution < 1.29 is 33.6 Å². The Labute approximate surface area is 256 Å². The highest BCUT2D eigenvalue weighted by atomic mass is 16.6. The SMILES string of the molecule is COc1ccc(CN2C[C@H](CO[C@@]34C[C@@H]5[C@H](C)CC[C@H]5[C@@]5(C=O)C[C@@H]3C=C(C(C)C)[C@@]45C(=O)O)O[C@H](C)[C@@H](OC)C2)cc1. The first kappa shape index (κ1) is 30.8. The van der Waals surface area contributed by atoms with Crippen LogP contribution in [0, 0.1) is 40.4 Å². The van der Waals surface area contributed by atoms with Crippen LogP contribution in [-0.4, -0.2) is 80.1 Å². The summed E-state index contributed by atoms with van der Waals surface area (Å²) in [5, 5.41) is 11.3. The van der Waals surface area contributed by atoms with Crippen molar-refractivity contribution in [3.8, 4) is 5.75 Å². The van der Waals surface area contributed by atoms with Crippen LogP contribution in [0.5, 0.6) is 5.75 Å². The number of aliphatic carboxylic acids is 1. The van der Waals surface area contributed by atoms with Gasteiger partial charge in [0, 0.05) is 32.7 Å². The largest absolute Gasteiger partial charge is 0.497 e. The first-order valence-corrected chi connectivity index (χ1v) is 16.2. The number of carboxylic acid groups (broad SMARTS) is 1. The highest BCUT2D eigenvalue weighted by molar-refractivity contribution is 5.91. The number of hydrogen-bond acceptors (Lipinski definition) is 7. The van der Waals surface area contributed by atoms with Gasteiger partial charge < -0.3 is 28.8 Å². The summed E-state index contributed by atoms with van der Waals surface area (Å²) in [7, 11) is 3.39. The number of hydrogen-bond donors (Lipinski definition) is 1. The van der Waals surface area contributed by atoms with E-state index in [2.05, 4.69) is 43.9 Å². The van der Waals surface area contributed by atoms with Crippen LogP contribution in [0.3, 0.4) is 0 Å². The molecule has 1 saturated heterocycles. The monoisotopic (exact) mass is 595 g/mol. The van der Waals surface area contributed by atoms with E-state index in [0.29, 0.717) is 31.8 Å². The number of carboxylic acids is 1. The molecule has 43 heavy (non-hydrogen) atoms. The maximum atomic E-state index is 13.7. The van der Waals surface area contributed by atoms with Crippen LogP contribution in [0.25, 0.3) is 0 Å². The summed E-state index contributed by atoms with van der Waals surface area (Å²) in [6.45, 7) is 10.8. The summed E-state index contributed by atoms with van der Waals surface area (Å²) in [4.78, 5) is 29.4. The summed E-state index contributed by atoms with van der Waals surface area (Å²) >= 11 is 0. The van der Waals surface area contributed by atoms with Gasteiger partial charge in [-0.05, 0) is 67.6 Å². The lowest BCUT2D eigenvalue weighted by Crippen LogP contribution is -2.66. The molecule has 1 aromatic carbocycles. The van der Waals surface area contributed by atoms with E-state index < -0.39 is 22.4 Å². The average molecular weight is 596 g/mol. The van der Waals surface area contributed by atoms with E-state index in [1.807, 2.05) is 19.1 Å². The standard InChI is InChI=1S/C35H49NO7/c1-21(2)30-13-25-14-33(20-37)29-12-7-22(3)28(29)15-34(25,35(30,33)32(38)39)42-19-27-17-36(18-31(41-6)23(4)43-27)16-24-8-10-26(40-5)11-9-24/h8-11,13,20-23,25,27-29,31H,7,12,14-19H2,1-6H3,(H,38,39)/t22-,23-,25+,27-,28-,29-,31+,33+,34+,35+/m1/s1. The molecule has 236 valence electrons. The number of carbonyl (C=O) groups excluding carboxylic acids is 1. The molecule has 8 heteroatoms. The van der Waals surface area contributed by atoms with Gasteiger partial charge in [0.2, 0.25) is 0 Å². The van der Waals surface area contributed by atoms with Crippen LogP contribution >= 0.6 is 0 Å². The van der Waals surface area contributed by atoms with Crippen LogP contribution in [0.2, 0.25) is 0 Å². The lowest BCUT2D eigenvalue weighted by atomic mass is 9.45. The average Bonchev–Trinajstić information content (AvgIpc) is 3.51. The minimum atomic E-state index is -1.35. The first-order chi connectivity index (χ1) is 20.6. The summed E-state index contributed by atoms with van der Waals surface area (Å²) < 4.78 is 24.9. The third-order valence-corrected chi connectivity index (χ3v) is 12.1. The van der Waals surface area contributed by atoms with Crippen LogP contribution in [-0.2, 0) is 30.3 Å². The lowest BCUT2D eigenvalue weighted by molar-refractivity contribution is -0.218. The maximum absolute atomic E-state index is 13.7. The van der Waals surface area contributed by atoms with Crippen molar-refractivity contribution in [3.05, 3.63) is 41.5 Å². The Bertz CT molecular complexity index is 1250. The van der Waals surface area contributed by atoms with Crippen molar-refractivity contribution in [1.82, 2.24) is 4.90 Å². The van der Waals surface area contributed by atoms with Gasteiger partial charge in [-0.2, -0.15) is 0 Å². The lowest BCUT2D eigenvalue weighted by Gasteiger charge is -2.58. The Morgan fingerprint density at radius 1 is 1.14 bits per heavy atom. The summed E-state index contributed by atoms with van der Waals surface area (Å²) in [6, 6.07) is 8.10. The molecule has 4 aliphatic carbocycles. The van der Waals surface area contributed by atoms with Crippen molar-refractivity contribution in [2.75, 3.05) is 33.9 Å². The third-order valence-electron chi connectivity index (χ3n) is 12.1. The molecule has 0 radical (unpaired) electrons. The minimum Gasteiger partial charge on any atom is -0.497 e. The van der Waals surface area contributed by atoms with Crippen molar-refractivity contribution in [1.29, 1.82) is 0 Å². The Balaban J connectivity index is 1.32. The van der Waals surface area contributed by atoms with Gasteiger partial charge >= 0.3 is 5.97 Å². The van der Waals surface area contributed by atoms with Crippen LogP contribution in [0.15, 0.2) is 35.9 Å². The minimum absolute atomic E-state index is 0.00989. The fraction of sp³-hybridized carbons (Fsp3) is 0.714. The number of aldehydes is 1. The second-order valence-corrected chi connectivity index (χ2v) is 14.3. The second kappa shape index (κ2) is 11.3. The molecular formula is C35H49NO7. The van der Waals surface area contributed by atoms with E-state index in [4.69, 9.17) is 18.9 Å². The molecule has 1 heterocycles. The molecule has 0 spiro atoms. The number of benzene rings is 1. The number of ether oxygens (including phenoxy) is 4. The smallest absolute Gasteiger partial charge is 0.317 e. The predicted octanol–water partition coefficient (Wildman–Crippen LogP) is 4.99. The topological polar surface area (TPSA) is 94.5 Å². The van der Waals surface area contributed by atoms with Gasteiger partial charge in [-0.3, -0.25) is 9.69 Å². The molecule has 8 nitrogen and oxygen atoms in total. The van der Waals surface area contributed by atoms with Gasteiger partial charge in [0.25, 0.3) is 0 Å². The van der Waals surface area contributed by atoms with E-state index >= 15 is 0 Å². The van der Waals surface area contributed by atoms with Crippen molar-refractivity contribution >= 4 is 12.3 Å². The van der Waals surface area contributed by atoms with E-state index in [1.165, 1.54) is 0 Å². The van der Waals surface area contributed by atoms with Crippen molar-refractivity contribution in [2.45, 2.75) is 83.8 Å².